The Balaban J connectivity index is 2.50. The second kappa shape index (κ2) is 12.9. The van der Waals surface area contributed by atoms with Crippen LogP contribution in [-0.4, -0.2) is 64.4 Å². The molecule has 9 nitrogen and oxygen atoms in total. The van der Waals surface area contributed by atoms with Gasteiger partial charge in [-0.05, 0) is 63.4 Å². The van der Waals surface area contributed by atoms with Crippen molar-refractivity contribution in [1.29, 1.82) is 0 Å². The molecule has 3 amide bonds. The highest BCUT2D eigenvalue weighted by Crippen LogP contribution is 2.27. The van der Waals surface area contributed by atoms with Crippen molar-refractivity contribution in [3.63, 3.8) is 0 Å². The molecule has 2 rings (SSSR count). The fourth-order valence-electron chi connectivity index (χ4n) is 3.75. The molecule has 0 aliphatic heterocycles. The maximum atomic E-state index is 13.7. The van der Waals surface area contributed by atoms with E-state index < -0.39 is 48.8 Å². The molecule has 0 saturated heterocycles. The molecule has 0 heterocycles. The van der Waals surface area contributed by atoms with Gasteiger partial charge in [-0.25, -0.2) is 4.79 Å². The molecule has 0 aliphatic carbocycles. The number of aliphatic hydroxyl groups is 2. The summed E-state index contributed by atoms with van der Waals surface area (Å²) in [4.78, 5) is 40.7. The molecule has 2 aromatic rings. The number of nitrogens with one attached hydrogen (secondary N) is 2. The number of para-hydroxylation sites is 1. The van der Waals surface area contributed by atoms with E-state index in [-0.39, 0.29) is 6.54 Å². The van der Waals surface area contributed by atoms with Gasteiger partial charge in [0.15, 0.2) is 0 Å². The highest BCUT2D eigenvalue weighted by molar-refractivity contribution is 6.00. The summed E-state index contributed by atoms with van der Waals surface area (Å²) >= 11 is 0. The van der Waals surface area contributed by atoms with Crippen molar-refractivity contribution in [3.05, 3.63) is 64.7 Å². The van der Waals surface area contributed by atoms with Gasteiger partial charge in [-0.15, -0.1) is 6.42 Å². The minimum absolute atomic E-state index is 0.243. The number of anilines is 1. The molecule has 37 heavy (non-hydrogen) atoms. The molecule has 0 radical (unpaired) electrons. The van der Waals surface area contributed by atoms with E-state index in [1.165, 1.54) is 0 Å². The molecule has 2 aromatic carbocycles. The standard InChI is InChI=1S/C28H35N3O6/c1-7-20-11-13-21(14-12-20)24(25(34)30-23-18(2)9-8-10-19(23)3)31(15-16-32)26(35)22(17-33)29-27(36)37-28(4,5)6/h1,8-14,22,24,32-33H,15-17H2,2-6H3,(H,29,36)(H,30,34). The van der Waals surface area contributed by atoms with Gasteiger partial charge in [0.05, 0.1) is 13.2 Å². The van der Waals surface area contributed by atoms with Gasteiger partial charge in [0.2, 0.25) is 5.91 Å². The number of aliphatic hydroxyl groups excluding tert-OH is 2. The lowest BCUT2D eigenvalue weighted by Gasteiger charge is -2.34. The van der Waals surface area contributed by atoms with E-state index in [4.69, 9.17) is 11.2 Å². The molecule has 0 bridgehead atoms. The van der Waals surface area contributed by atoms with E-state index >= 15 is 0 Å². The molecular formula is C28H35N3O6. The van der Waals surface area contributed by atoms with Crippen molar-refractivity contribution < 1.29 is 29.3 Å². The molecule has 2 unspecified atom stereocenters. The summed E-state index contributed by atoms with van der Waals surface area (Å²) in [5.41, 5.74) is 2.44. The summed E-state index contributed by atoms with van der Waals surface area (Å²) in [6.45, 7) is 7.22. The average Bonchev–Trinajstić information content (AvgIpc) is 2.83. The highest BCUT2D eigenvalue weighted by atomic mass is 16.6. The zero-order chi connectivity index (χ0) is 27.8. The van der Waals surface area contributed by atoms with Gasteiger partial charge >= 0.3 is 6.09 Å². The van der Waals surface area contributed by atoms with Gasteiger partial charge in [0.25, 0.3) is 5.91 Å². The van der Waals surface area contributed by atoms with Gasteiger partial charge in [-0.2, -0.15) is 0 Å². The number of alkyl carbamates (subject to hydrolysis) is 1. The van der Waals surface area contributed by atoms with Gasteiger partial charge in [0, 0.05) is 17.8 Å². The van der Waals surface area contributed by atoms with Crippen LogP contribution in [0.25, 0.3) is 0 Å². The Morgan fingerprint density at radius 1 is 1.05 bits per heavy atom. The van der Waals surface area contributed by atoms with Crippen LogP contribution in [0, 0.1) is 26.2 Å². The number of nitrogens with zero attached hydrogens (tertiary/aromatic N) is 1. The first kappa shape index (κ1) is 29.4. The van der Waals surface area contributed by atoms with E-state index in [0.29, 0.717) is 16.8 Å². The van der Waals surface area contributed by atoms with Crippen molar-refractivity contribution in [2.45, 2.75) is 52.3 Å². The molecule has 9 heteroatoms. The Morgan fingerprint density at radius 3 is 2.14 bits per heavy atom. The number of aryl methyl sites for hydroxylation is 2. The maximum absolute atomic E-state index is 13.7. The van der Waals surface area contributed by atoms with E-state index in [2.05, 4.69) is 16.6 Å². The largest absolute Gasteiger partial charge is 0.444 e. The quantitative estimate of drug-likeness (QED) is 0.385. The zero-order valence-electron chi connectivity index (χ0n) is 21.9. The average molecular weight is 510 g/mol. The fraction of sp³-hybridized carbons (Fsp3) is 0.393. The van der Waals surface area contributed by atoms with Crippen molar-refractivity contribution in [2.24, 2.45) is 0 Å². The van der Waals surface area contributed by atoms with E-state index in [9.17, 15) is 24.6 Å². The second-order valence-electron chi connectivity index (χ2n) is 9.56. The fourth-order valence-corrected chi connectivity index (χ4v) is 3.75. The summed E-state index contributed by atoms with van der Waals surface area (Å²) in [5, 5.41) is 25.0. The SMILES string of the molecule is C#Cc1ccc(C(C(=O)Nc2c(C)cccc2C)N(CCO)C(=O)C(CO)NC(=O)OC(C)(C)C)cc1. The highest BCUT2D eigenvalue weighted by Gasteiger charge is 2.36. The first-order chi connectivity index (χ1) is 17.4. The molecule has 2 atom stereocenters. The number of rotatable bonds is 9. The van der Waals surface area contributed by atoms with Crippen LogP contribution in [0.5, 0.6) is 0 Å². The Kier molecular flexibility index (Phi) is 10.2. The number of carbonyl (C=O) groups is 3. The maximum Gasteiger partial charge on any atom is 0.408 e. The van der Waals surface area contributed by atoms with Crippen molar-refractivity contribution >= 4 is 23.6 Å². The summed E-state index contributed by atoms with van der Waals surface area (Å²) in [6, 6.07) is 9.46. The van der Waals surface area contributed by atoms with Gasteiger partial charge < -0.3 is 30.5 Å². The predicted molar refractivity (Wildman–Crippen MR) is 141 cm³/mol. The molecule has 0 saturated carbocycles. The summed E-state index contributed by atoms with van der Waals surface area (Å²) in [6.07, 6.45) is 4.56. The minimum Gasteiger partial charge on any atom is -0.444 e. The van der Waals surface area contributed by atoms with E-state index in [0.717, 1.165) is 16.0 Å². The number of hydrogen-bond acceptors (Lipinski definition) is 6. The molecule has 0 aliphatic rings. The number of ether oxygens (including phenoxy) is 1. The number of terminal acetylenes is 1. The third kappa shape index (κ3) is 8.07. The van der Waals surface area contributed by atoms with Gasteiger partial charge in [-0.3, -0.25) is 9.59 Å². The van der Waals surface area contributed by atoms with Crippen LogP contribution in [0.3, 0.4) is 0 Å². The summed E-state index contributed by atoms with van der Waals surface area (Å²) in [7, 11) is 0. The molecule has 0 fully saturated rings. The summed E-state index contributed by atoms with van der Waals surface area (Å²) < 4.78 is 5.20. The van der Waals surface area contributed by atoms with Crippen LogP contribution in [0.2, 0.25) is 0 Å². The second-order valence-corrected chi connectivity index (χ2v) is 9.56. The van der Waals surface area contributed by atoms with Gasteiger partial charge in [-0.1, -0.05) is 36.3 Å². The van der Waals surface area contributed by atoms with E-state index in [1.54, 1.807) is 45.0 Å². The summed E-state index contributed by atoms with van der Waals surface area (Å²) in [5.74, 6) is 1.19. The Morgan fingerprint density at radius 2 is 1.65 bits per heavy atom. The monoisotopic (exact) mass is 509 g/mol. The van der Waals surface area contributed by atoms with Crippen molar-refractivity contribution in [1.82, 2.24) is 10.2 Å². The number of hydrogen-bond donors (Lipinski definition) is 4. The lowest BCUT2D eigenvalue weighted by molar-refractivity contribution is -0.142. The zero-order valence-corrected chi connectivity index (χ0v) is 21.9. The first-order valence-corrected chi connectivity index (χ1v) is 11.9. The van der Waals surface area contributed by atoms with Crippen LogP contribution in [0.4, 0.5) is 10.5 Å². The molecule has 0 aromatic heterocycles. The van der Waals surface area contributed by atoms with Crippen LogP contribution in [0.15, 0.2) is 42.5 Å². The Hall–Kier alpha value is -3.87. The molecule has 0 spiro atoms. The number of carbonyl (C=O) groups excluding carboxylic acids is 3. The van der Waals surface area contributed by atoms with E-state index in [1.807, 2.05) is 32.0 Å². The third-order valence-corrected chi connectivity index (χ3v) is 5.48. The normalized spacial score (nSPS) is 12.6. The third-order valence-electron chi connectivity index (χ3n) is 5.48. The molecular weight excluding hydrogens is 474 g/mol. The van der Waals surface area contributed by atoms with Gasteiger partial charge in [0.1, 0.15) is 17.7 Å². The smallest absolute Gasteiger partial charge is 0.408 e. The Bertz CT molecular complexity index is 1130. The molecule has 198 valence electrons. The Labute approximate surface area is 217 Å². The lowest BCUT2D eigenvalue weighted by atomic mass is 10.0. The van der Waals surface area contributed by atoms with Crippen LogP contribution in [-0.2, 0) is 14.3 Å². The predicted octanol–water partition coefficient (Wildman–Crippen LogP) is 2.67. The minimum atomic E-state index is -1.41. The number of amides is 3. The topological polar surface area (TPSA) is 128 Å². The van der Waals surface area contributed by atoms with Crippen LogP contribution in [0.1, 0.15) is 49.1 Å². The first-order valence-electron chi connectivity index (χ1n) is 11.9. The van der Waals surface area contributed by atoms with Crippen LogP contribution < -0.4 is 10.6 Å². The van der Waals surface area contributed by atoms with Crippen molar-refractivity contribution in [3.8, 4) is 12.3 Å². The lowest BCUT2D eigenvalue weighted by Crippen LogP contribution is -2.54. The van der Waals surface area contributed by atoms with Crippen LogP contribution >= 0.6 is 0 Å². The number of benzene rings is 2. The van der Waals surface area contributed by atoms with Crippen molar-refractivity contribution in [2.75, 3.05) is 25.1 Å². The molecule has 4 N–H and O–H groups in total.